The van der Waals surface area contributed by atoms with Gasteiger partial charge in [-0.1, -0.05) is 0 Å². The van der Waals surface area contributed by atoms with Gasteiger partial charge in [-0.25, -0.2) is 4.98 Å². The molecule has 0 radical (unpaired) electrons. The number of nitrogens with zero attached hydrogens (tertiary/aromatic N) is 2. The van der Waals surface area contributed by atoms with E-state index in [1.54, 1.807) is 11.3 Å². The average molecular weight is 226 g/mol. The molecule has 0 atom stereocenters. The zero-order valence-electron chi connectivity index (χ0n) is 9.15. The molecule has 1 aromatic rings. The van der Waals surface area contributed by atoms with Crippen molar-refractivity contribution in [3.8, 4) is 0 Å². The molecular weight excluding hydrogens is 208 g/mol. The summed E-state index contributed by atoms with van der Waals surface area (Å²) in [5, 5.41) is 12.1. The fraction of sp³-hybridized carbons (Fsp3) is 0.727. The van der Waals surface area contributed by atoms with E-state index < -0.39 is 0 Å². The van der Waals surface area contributed by atoms with Crippen LogP contribution >= 0.6 is 11.3 Å². The molecule has 84 valence electrons. The Kier molecular flexibility index (Phi) is 3.72. The number of aliphatic hydroxyl groups excluding tert-OH is 1. The van der Waals surface area contributed by atoms with Crippen LogP contribution in [-0.4, -0.2) is 41.7 Å². The van der Waals surface area contributed by atoms with Crippen molar-refractivity contribution in [1.82, 2.24) is 9.88 Å². The van der Waals surface area contributed by atoms with Gasteiger partial charge in [0.15, 0.2) is 0 Å². The largest absolute Gasteiger partial charge is 0.396 e. The fourth-order valence-corrected chi connectivity index (χ4v) is 2.90. The van der Waals surface area contributed by atoms with Gasteiger partial charge in [-0.05, 0) is 33.0 Å². The Hall–Kier alpha value is -0.450. The van der Waals surface area contributed by atoms with E-state index in [2.05, 4.69) is 22.3 Å². The predicted molar refractivity (Wildman–Crippen MR) is 62.4 cm³/mol. The van der Waals surface area contributed by atoms with Crippen molar-refractivity contribution >= 4 is 11.3 Å². The fourth-order valence-electron chi connectivity index (χ4n) is 2.03. The molecule has 1 aliphatic heterocycles. The van der Waals surface area contributed by atoms with E-state index in [1.807, 2.05) is 0 Å². The van der Waals surface area contributed by atoms with E-state index in [0.717, 1.165) is 5.01 Å². The highest BCUT2D eigenvalue weighted by Crippen LogP contribution is 2.28. The highest BCUT2D eigenvalue weighted by Gasteiger charge is 2.20. The summed E-state index contributed by atoms with van der Waals surface area (Å²) >= 11 is 1.68. The second kappa shape index (κ2) is 5.05. The SMILES string of the molecule is CN1CCC(c2csc(CCO)n2)CC1. The van der Waals surface area contributed by atoms with Gasteiger partial charge in [-0.15, -0.1) is 11.3 Å². The number of rotatable bonds is 3. The highest BCUT2D eigenvalue weighted by atomic mass is 32.1. The van der Waals surface area contributed by atoms with Gasteiger partial charge in [0.25, 0.3) is 0 Å². The molecule has 0 bridgehead atoms. The van der Waals surface area contributed by atoms with E-state index in [1.165, 1.54) is 31.6 Å². The first-order valence-electron chi connectivity index (χ1n) is 5.53. The molecule has 1 N–H and O–H groups in total. The Morgan fingerprint density at radius 2 is 2.27 bits per heavy atom. The van der Waals surface area contributed by atoms with Crippen molar-refractivity contribution in [2.75, 3.05) is 26.7 Å². The summed E-state index contributed by atoms with van der Waals surface area (Å²) in [5.41, 5.74) is 1.25. The van der Waals surface area contributed by atoms with Crippen molar-refractivity contribution in [3.63, 3.8) is 0 Å². The predicted octanol–water partition coefficient (Wildman–Crippen LogP) is 1.49. The van der Waals surface area contributed by atoms with Gasteiger partial charge in [0.2, 0.25) is 0 Å². The van der Waals surface area contributed by atoms with Crippen LogP contribution < -0.4 is 0 Å². The first kappa shape index (κ1) is 11.0. The van der Waals surface area contributed by atoms with Gasteiger partial charge in [0, 0.05) is 24.3 Å². The first-order valence-corrected chi connectivity index (χ1v) is 6.41. The number of aromatic nitrogens is 1. The van der Waals surface area contributed by atoms with Crippen molar-refractivity contribution < 1.29 is 5.11 Å². The summed E-state index contributed by atoms with van der Waals surface area (Å²) in [7, 11) is 2.18. The average Bonchev–Trinajstić information content (AvgIpc) is 2.68. The number of likely N-dealkylation sites (tertiary alicyclic amines) is 1. The number of hydrogen-bond donors (Lipinski definition) is 1. The molecule has 15 heavy (non-hydrogen) atoms. The molecule has 0 amide bonds. The van der Waals surface area contributed by atoms with Crippen molar-refractivity contribution in [1.29, 1.82) is 0 Å². The minimum Gasteiger partial charge on any atom is -0.396 e. The summed E-state index contributed by atoms with van der Waals surface area (Å²) in [5.74, 6) is 0.643. The zero-order valence-corrected chi connectivity index (χ0v) is 9.96. The van der Waals surface area contributed by atoms with Crippen LogP contribution in [0.2, 0.25) is 0 Å². The lowest BCUT2D eigenvalue weighted by molar-refractivity contribution is 0.253. The summed E-state index contributed by atoms with van der Waals surface area (Å²) in [6, 6.07) is 0. The second-order valence-electron chi connectivity index (χ2n) is 4.22. The van der Waals surface area contributed by atoms with Gasteiger partial charge >= 0.3 is 0 Å². The van der Waals surface area contributed by atoms with Crippen LogP contribution in [0, 0.1) is 0 Å². The van der Waals surface area contributed by atoms with Gasteiger partial charge in [0.1, 0.15) is 0 Å². The third-order valence-corrected chi connectivity index (χ3v) is 3.96. The Bertz CT molecular complexity index is 305. The minimum atomic E-state index is 0.209. The molecule has 1 aromatic heterocycles. The van der Waals surface area contributed by atoms with Crippen LogP contribution in [0.1, 0.15) is 29.5 Å². The third-order valence-electron chi connectivity index (χ3n) is 3.03. The van der Waals surface area contributed by atoms with E-state index in [0.29, 0.717) is 12.3 Å². The molecule has 4 heteroatoms. The maximum atomic E-state index is 8.83. The molecule has 0 saturated carbocycles. The lowest BCUT2D eigenvalue weighted by Crippen LogP contribution is -2.29. The first-order chi connectivity index (χ1) is 7.29. The van der Waals surface area contributed by atoms with Crippen LogP contribution in [0.25, 0.3) is 0 Å². The highest BCUT2D eigenvalue weighted by molar-refractivity contribution is 7.09. The molecule has 2 heterocycles. The smallest absolute Gasteiger partial charge is 0.0951 e. The quantitative estimate of drug-likeness (QED) is 0.848. The van der Waals surface area contributed by atoms with Crippen LogP contribution in [0.4, 0.5) is 0 Å². The summed E-state index contributed by atoms with van der Waals surface area (Å²) < 4.78 is 0. The normalized spacial score (nSPS) is 19.6. The molecule has 0 spiro atoms. The third kappa shape index (κ3) is 2.77. The van der Waals surface area contributed by atoms with Crippen LogP contribution in [0.15, 0.2) is 5.38 Å². The van der Waals surface area contributed by atoms with Crippen molar-refractivity contribution in [2.45, 2.75) is 25.2 Å². The molecule has 1 fully saturated rings. The molecule has 0 aliphatic carbocycles. The lowest BCUT2D eigenvalue weighted by Gasteiger charge is -2.27. The monoisotopic (exact) mass is 226 g/mol. The standard InChI is InChI=1S/C11H18N2OS/c1-13-5-2-9(3-6-13)10-8-15-11(12-10)4-7-14/h8-9,14H,2-7H2,1H3. The number of aliphatic hydroxyl groups is 1. The van der Waals surface area contributed by atoms with Gasteiger partial charge in [-0.3, -0.25) is 0 Å². The summed E-state index contributed by atoms with van der Waals surface area (Å²) in [4.78, 5) is 6.96. The molecule has 0 aromatic carbocycles. The molecule has 0 unspecified atom stereocenters. The van der Waals surface area contributed by atoms with Gasteiger partial charge in [0.05, 0.1) is 10.7 Å². The minimum absolute atomic E-state index is 0.209. The van der Waals surface area contributed by atoms with E-state index in [9.17, 15) is 0 Å². The topological polar surface area (TPSA) is 36.4 Å². The second-order valence-corrected chi connectivity index (χ2v) is 5.16. The van der Waals surface area contributed by atoms with Gasteiger partial charge in [-0.2, -0.15) is 0 Å². The summed E-state index contributed by atoms with van der Waals surface area (Å²) in [6.45, 7) is 2.56. The van der Waals surface area contributed by atoms with E-state index in [4.69, 9.17) is 5.11 Å². The Labute approximate surface area is 94.8 Å². The molecule has 1 saturated heterocycles. The Morgan fingerprint density at radius 3 is 2.93 bits per heavy atom. The number of thiazole rings is 1. The van der Waals surface area contributed by atoms with Crippen LogP contribution in [0.5, 0.6) is 0 Å². The number of hydrogen-bond acceptors (Lipinski definition) is 4. The summed E-state index contributed by atoms with van der Waals surface area (Å²) in [6.07, 6.45) is 3.15. The van der Waals surface area contributed by atoms with Crippen molar-refractivity contribution in [3.05, 3.63) is 16.1 Å². The van der Waals surface area contributed by atoms with E-state index in [-0.39, 0.29) is 6.61 Å². The molecule has 1 aliphatic rings. The maximum Gasteiger partial charge on any atom is 0.0951 e. The van der Waals surface area contributed by atoms with Crippen LogP contribution in [-0.2, 0) is 6.42 Å². The van der Waals surface area contributed by atoms with Crippen LogP contribution in [0.3, 0.4) is 0 Å². The lowest BCUT2D eigenvalue weighted by atomic mass is 9.95. The maximum absolute atomic E-state index is 8.83. The van der Waals surface area contributed by atoms with Crippen molar-refractivity contribution in [2.24, 2.45) is 0 Å². The number of piperidine rings is 1. The Balaban J connectivity index is 1.96. The molecule has 3 nitrogen and oxygen atoms in total. The molecular formula is C11H18N2OS. The van der Waals surface area contributed by atoms with E-state index >= 15 is 0 Å². The van der Waals surface area contributed by atoms with Gasteiger partial charge < -0.3 is 10.0 Å². The zero-order chi connectivity index (χ0) is 10.7. The molecule has 2 rings (SSSR count). The Morgan fingerprint density at radius 1 is 1.53 bits per heavy atom.